The Balaban J connectivity index is 1.46. The van der Waals surface area contributed by atoms with Crippen LogP contribution in [0.3, 0.4) is 0 Å². The van der Waals surface area contributed by atoms with E-state index in [1.54, 1.807) is 0 Å². The zero-order chi connectivity index (χ0) is 25.2. The first-order valence-corrected chi connectivity index (χ1v) is 12.4. The molecule has 5 rings (SSSR count). The lowest BCUT2D eigenvalue weighted by Gasteiger charge is -2.28. The van der Waals surface area contributed by atoms with Crippen molar-refractivity contribution in [2.24, 2.45) is 0 Å². The fourth-order valence-electron chi connectivity index (χ4n) is 4.60. The van der Waals surface area contributed by atoms with Crippen molar-refractivity contribution in [3.63, 3.8) is 0 Å². The summed E-state index contributed by atoms with van der Waals surface area (Å²) in [5, 5.41) is 5.06. The first-order valence-electron chi connectivity index (χ1n) is 12.0. The predicted molar refractivity (Wildman–Crippen MR) is 146 cm³/mol. The van der Waals surface area contributed by atoms with Crippen LogP contribution in [0.5, 0.6) is 11.5 Å². The van der Waals surface area contributed by atoms with E-state index in [2.05, 4.69) is 42.3 Å². The lowest BCUT2D eigenvalue weighted by molar-refractivity contribution is 0.174. The maximum absolute atomic E-state index is 13.1. The fraction of sp³-hybridized carbons (Fsp3) is 0.241. The molecule has 0 unspecified atom stereocenters. The zero-order valence-corrected chi connectivity index (χ0v) is 21.4. The number of H-pyrrole nitrogens is 1. The third kappa shape index (κ3) is 5.06. The van der Waals surface area contributed by atoms with Crippen molar-refractivity contribution in [2.75, 3.05) is 6.79 Å². The Bertz CT molecular complexity index is 1480. The van der Waals surface area contributed by atoms with Crippen LogP contribution in [-0.4, -0.2) is 21.8 Å². The Labute approximate surface area is 215 Å². The van der Waals surface area contributed by atoms with Crippen LogP contribution in [0.25, 0.3) is 10.9 Å². The number of hydrogen-bond acceptors (Lipinski definition) is 4. The van der Waals surface area contributed by atoms with Gasteiger partial charge in [-0.3, -0.25) is 4.79 Å². The van der Waals surface area contributed by atoms with Gasteiger partial charge in [-0.1, -0.05) is 42.5 Å². The summed E-state index contributed by atoms with van der Waals surface area (Å²) >= 11 is 5.88. The monoisotopic (exact) mass is 499 g/mol. The second kappa shape index (κ2) is 10.0. The molecule has 0 fully saturated rings. The van der Waals surface area contributed by atoms with E-state index in [1.807, 2.05) is 60.4 Å². The second-order valence-corrected chi connectivity index (χ2v) is 9.68. The van der Waals surface area contributed by atoms with Crippen LogP contribution in [0.1, 0.15) is 40.8 Å². The number of aromatic nitrogens is 1. The lowest BCUT2D eigenvalue weighted by atomic mass is 10.0. The van der Waals surface area contributed by atoms with Crippen LogP contribution in [0.2, 0.25) is 0 Å². The van der Waals surface area contributed by atoms with Gasteiger partial charge in [0, 0.05) is 23.0 Å². The molecule has 1 aliphatic rings. The molecule has 0 radical (unpaired) electrons. The molecule has 1 aliphatic heterocycles. The molecule has 0 saturated heterocycles. The van der Waals surface area contributed by atoms with Gasteiger partial charge >= 0.3 is 0 Å². The van der Waals surface area contributed by atoms with E-state index < -0.39 is 0 Å². The Morgan fingerprint density at radius 2 is 1.81 bits per heavy atom. The van der Waals surface area contributed by atoms with Gasteiger partial charge in [0.05, 0.1) is 12.6 Å². The summed E-state index contributed by atoms with van der Waals surface area (Å²) in [6, 6.07) is 22.2. The number of aryl methyl sites for hydroxylation is 2. The first kappa shape index (κ1) is 23.9. The molecule has 36 heavy (non-hydrogen) atoms. The number of aromatic amines is 1. The van der Waals surface area contributed by atoms with Gasteiger partial charge in [-0.2, -0.15) is 0 Å². The smallest absolute Gasteiger partial charge is 0.253 e. The van der Waals surface area contributed by atoms with Crippen LogP contribution < -0.4 is 20.3 Å². The number of pyridine rings is 1. The van der Waals surface area contributed by atoms with E-state index in [9.17, 15) is 4.79 Å². The number of fused-ring (bicyclic) bond motifs is 2. The van der Waals surface area contributed by atoms with E-state index in [-0.39, 0.29) is 18.4 Å². The van der Waals surface area contributed by atoms with Crippen LogP contribution in [0.4, 0.5) is 0 Å². The number of ether oxygens (including phenoxy) is 2. The van der Waals surface area contributed by atoms with E-state index in [0.29, 0.717) is 23.8 Å². The Hall–Kier alpha value is -3.84. The quantitative estimate of drug-likeness (QED) is 0.341. The molecule has 0 amide bonds. The minimum Gasteiger partial charge on any atom is -0.454 e. The molecular weight excluding hydrogens is 470 g/mol. The molecule has 4 aromatic rings. The summed E-state index contributed by atoms with van der Waals surface area (Å²) in [4.78, 5) is 18.2. The maximum atomic E-state index is 13.1. The summed E-state index contributed by atoms with van der Waals surface area (Å²) in [5.74, 6) is 1.46. The molecular formula is C29H29N3O3S. The van der Waals surface area contributed by atoms with Crippen molar-refractivity contribution >= 4 is 28.2 Å². The van der Waals surface area contributed by atoms with E-state index in [0.717, 1.165) is 44.7 Å². The van der Waals surface area contributed by atoms with Crippen LogP contribution in [-0.2, 0) is 13.1 Å². The standard InChI is InChI=1S/C29H29N3O3S/c1-18-11-19(2)24-14-23(28(33)31-25(24)12-18)16-32(15-21-9-10-26-27(13-21)35-17-34-26)29(36)30-20(3)22-7-5-4-6-8-22/h4-14,20H,15-17H2,1-3H3,(H,30,36)(H,31,33)/t20-/m1/s1. The molecule has 0 spiro atoms. The predicted octanol–water partition coefficient (Wildman–Crippen LogP) is 5.51. The van der Waals surface area contributed by atoms with E-state index in [1.165, 1.54) is 0 Å². The highest BCUT2D eigenvalue weighted by molar-refractivity contribution is 7.80. The highest BCUT2D eigenvalue weighted by Gasteiger charge is 2.19. The van der Waals surface area contributed by atoms with Gasteiger partial charge < -0.3 is 24.7 Å². The number of hydrogen-bond donors (Lipinski definition) is 2. The molecule has 6 nitrogen and oxygen atoms in total. The van der Waals surface area contributed by atoms with Gasteiger partial charge in [0.1, 0.15) is 0 Å². The number of thiocarbonyl (C=S) groups is 1. The van der Waals surface area contributed by atoms with Gasteiger partial charge in [0.25, 0.3) is 5.56 Å². The normalized spacial score (nSPS) is 13.0. The van der Waals surface area contributed by atoms with Crippen LogP contribution in [0.15, 0.2) is 71.5 Å². The van der Waals surface area contributed by atoms with Crippen molar-refractivity contribution in [3.05, 3.63) is 105 Å². The summed E-state index contributed by atoms with van der Waals surface area (Å²) in [7, 11) is 0. The van der Waals surface area contributed by atoms with E-state index in [4.69, 9.17) is 21.7 Å². The van der Waals surface area contributed by atoms with Gasteiger partial charge in [-0.25, -0.2) is 0 Å². The zero-order valence-electron chi connectivity index (χ0n) is 20.6. The van der Waals surface area contributed by atoms with Crippen molar-refractivity contribution in [1.29, 1.82) is 0 Å². The van der Waals surface area contributed by atoms with E-state index >= 15 is 0 Å². The maximum Gasteiger partial charge on any atom is 0.253 e. The molecule has 0 saturated carbocycles. The third-order valence-electron chi connectivity index (χ3n) is 6.49. The summed E-state index contributed by atoms with van der Waals surface area (Å²) < 4.78 is 11.0. The molecule has 2 heterocycles. The number of nitrogens with one attached hydrogen (secondary N) is 2. The molecule has 7 heteroatoms. The SMILES string of the molecule is Cc1cc(C)c2cc(CN(Cc3ccc4c(c3)OCO4)C(=S)N[C@H](C)c3ccccc3)c(=O)[nH]c2c1. The Morgan fingerprint density at radius 1 is 1.03 bits per heavy atom. The van der Waals surface area contributed by atoms with Crippen molar-refractivity contribution < 1.29 is 9.47 Å². The van der Waals surface area contributed by atoms with Gasteiger partial charge in [0.2, 0.25) is 6.79 Å². The summed E-state index contributed by atoms with van der Waals surface area (Å²) in [5.41, 5.74) is 5.80. The molecule has 1 aromatic heterocycles. The van der Waals surface area contributed by atoms with Gasteiger partial charge in [0.15, 0.2) is 16.6 Å². The Kier molecular flexibility index (Phi) is 6.65. The Morgan fingerprint density at radius 3 is 2.61 bits per heavy atom. The first-order chi connectivity index (χ1) is 17.4. The molecule has 3 aromatic carbocycles. The largest absolute Gasteiger partial charge is 0.454 e. The lowest BCUT2D eigenvalue weighted by Crippen LogP contribution is -2.41. The topological polar surface area (TPSA) is 66.6 Å². The molecule has 0 bridgehead atoms. The minimum atomic E-state index is -0.109. The molecule has 0 aliphatic carbocycles. The van der Waals surface area contributed by atoms with Gasteiger partial charge in [-0.15, -0.1) is 0 Å². The highest BCUT2D eigenvalue weighted by atomic mass is 32.1. The average Bonchev–Trinajstić information content (AvgIpc) is 3.32. The van der Waals surface area contributed by atoms with Crippen molar-refractivity contribution in [2.45, 2.75) is 39.9 Å². The van der Waals surface area contributed by atoms with Crippen molar-refractivity contribution in [3.8, 4) is 11.5 Å². The number of nitrogens with zero attached hydrogens (tertiary/aromatic N) is 1. The molecule has 1 atom stereocenters. The van der Waals surface area contributed by atoms with Crippen LogP contribution in [0, 0.1) is 13.8 Å². The van der Waals surface area contributed by atoms with Crippen LogP contribution >= 0.6 is 12.2 Å². The second-order valence-electron chi connectivity index (χ2n) is 9.29. The molecule has 2 N–H and O–H groups in total. The molecule has 184 valence electrons. The van der Waals surface area contributed by atoms with Crippen molar-refractivity contribution in [1.82, 2.24) is 15.2 Å². The summed E-state index contributed by atoms with van der Waals surface area (Å²) in [6.07, 6.45) is 0. The fourth-order valence-corrected chi connectivity index (χ4v) is 4.91. The highest BCUT2D eigenvalue weighted by Crippen LogP contribution is 2.33. The number of benzene rings is 3. The summed E-state index contributed by atoms with van der Waals surface area (Å²) in [6.45, 7) is 7.27. The van der Waals surface area contributed by atoms with Gasteiger partial charge in [-0.05, 0) is 79.5 Å². The number of rotatable bonds is 6. The third-order valence-corrected chi connectivity index (χ3v) is 6.86. The average molecular weight is 500 g/mol. The minimum absolute atomic E-state index is 0.0121.